The van der Waals surface area contributed by atoms with Crippen LogP contribution in [0.4, 0.5) is 0 Å². The molecule has 30 heavy (non-hydrogen) atoms. The summed E-state index contributed by atoms with van der Waals surface area (Å²) in [7, 11) is 0. The van der Waals surface area contributed by atoms with E-state index in [1.165, 1.54) is 0 Å². The third-order valence-corrected chi connectivity index (χ3v) is 6.74. The molecule has 2 aliphatic rings. The number of nitrogens with zero attached hydrogens (tertiary/aromatic N) is 1. The van der Waals surface area contributed by atoms with Crippen LogP contribution in [0.2, 0.25) is 5.02 Å². The van der Waals surface area contributed by atoms with E-state index in [0.29, 0.717) is 24.4 Å². The number of aromatic hydroxyl groups is 1. The number of carbonyl (C=O) groups is 2. The number of rotatable bonds is 4. The number of benzene rings is 2. The smallest absolute Gasteiger partial charge is 0.235 e. The molecule has 3 N–H and O–H groups in total. The van der Waals surface area contributed by atoms with Crippen LogP contribution in [0, 0.1) is 5.92 Å². The van der Waals surface area contributed by atoms with Crippen LogP contribution >= 0.6 is 11.6 Å². The lowest BCUT2D eigenvalue weighted by Gasteiger charge is -2.33. The average Bonchev–Trinajstić information content (AvgIpc) is 3.19. The summed E-state index contributed by atoms with van der Waals surface area (Å²) < 4.78 is 2.11. The fraction of sp³-hybridized carbons (Fsp3) is 0.304. The first-order valence-electron chi connectivity index (χ1n) is 10.0. The maximum Gasteiger partial charge on any atom is 0.235 e. The van der Waals surface area contributed by atoms with Gasteiger partial charge in [0.1, 0.15) is 5.75 Å². The number of aromatic nitrogens is 1. The molecular weight excluding hydrogens is 404 g/mol. The zero-order valence-corrected chi connectivity index (χ0v) is 16.9. The Kier molecular flexibility index (Phi) is 4.56. The molecule has 3 aromatic rings. The topological polar surface area (TPSA) is 91.6 Å². The Balaban J connectivity index is 1.78. The van der Waals surface area contributed by atoms with Gasteiger partial charge in [0.05, 0.1) is 11.8 Å². The molecule has 6 nitrogen and oxygen atoms in total. The number of halogens is 1. The minimum absolute atomic E-state index is 0.0471. The molecule has 0 radical (unpaired) electrons. The molecule has 1 aliphatic carbocycles. The minimum Gasteiger partial charge on any atom is -0.508 e. The highest BCUT2D eigenvalue weighted by molar-refractivity contribution is 6.31. The minimum atomic E-state index is -0.637. The van der Waals surface area contributed by atoms with Crippen molar-refractivity contribution in [3.63, 3.8) is 0 Å². The predicted molar refractivity (Wildman–Crippen MR) is 113 cm³/mol. The second-order valence-corrected chi connectivity index (χ2v) is 8.39. The largest absolute Gasteiger partial charge is 0.508 e. The van der Waals surface area contributed by atoms with Crippen molar-refractivity contribution >= 4 is 34.3 Å². The Morgan fingerprint density at radius 1 is 1.13 bits per heavy atom. The maximum absolute atomic E-state index is 12.9. The summed E-state index contributed by atoms with van der Waals surface area (Å²) in [5, 5.41) is 23.4. The fourth-order valence-electron chi connectivity index (χ4n) is 5.21. The number of aryl methyl sites for hydroxylation is 1. The summed E-state index contributed by atoms with van der Waals surface area (Å²) in [4.78, 5) is 25.8. The zero-order valence-electron chi connectivity index (χ0n) is 16.1. The highest BCUT2D eigenvalue weighted by Gasteiger charge is 2.52. The van der Waals surface area contributed by atoms with Crippen molar-refractivity contribution in [3.05, 3.63) is 64.3 Å². The van der Waals surface area contributed by atoms with E-state index in [-0.39, 0.29) is 30.1 Å². The average molecular weight is 425 g/mol. The number of fused-ring (bicyclic) bond motifs is 5. The van der Waals surface area contributed by atoms with Gasteiger partial charge in [-0.3, -0.25) is 14.9 Å². The molecule has 2 amide bonds. The van der Waals surface area contributed by atoms with Crippen molar-refractivity contribution in [2.45, 2.75) is 31.2 Å². The van der Waals surface area contributed by atoms with Crippen LogP contribution in [0.3, 0.4) is 0 Å². The molecule has 1 fully saturated rings. The van der Waals surface area contributed by atoms with Gasteiger partial charge in [-0.05, 0) is 48.2 Å². The van der Waals surface area contributed by atoms with E-state index in [1.807, 2.05) is 24.3 Å². The van der Waals surface area contributed by atoms with E-state index >= 15 is 0 Å². The molecule has 0 spiro atoms. The first-order valence-corrected chi connectivity index (χ1v) is 10.4. The summed E-state index contributed by atoms with van der Waals surface area (Å²) >= 11 is 6.49. The molecule has 0 bridgehead atoms. The monoisotopic (exact) mass is 424 g/mol. The SMILES string of the molecule is O=C1NC(=O)C2C(c3ccccc3Cl)Cc3c(c4cc(O)ccc4n3CCCO)C12. The molecule has 2 aromatic carbocycles. The first kappa shape index (κ1) is 19.2. The molecule has 7 heteroatoms. The molecule has 5 rings (SSSR count). The molecule has 1 saturated heterocycles. The highest BCUT2D eigenvalue weighted by Crippen LogP contribution is 2.51. The van der Waals surface area contributed by atoms with E-state index in [1.54, 1.807) is 18.2 Å². The quantitative estimate of drug-likeness (QED) is 0.561. The van der Waals surface area contributed by atoms with E-state index < -0.39 is 11.8 Å². The van der Waals surface area contributed by atoms with Crippen LogP contribution in [0.25, 0.3) is 10.9 Å². The summed E-state index contributed by atoms with van der Waals surface area (Å²) in [5.74, 6) is -1.91. The fourth-order valence-corrected chi connectivity index (χ4v) is 5.49. The van der Waals surface area contributed by atoms with Gasteiger partial charge in [0.15, 0.2) is 0 Å². The van der Waals surface area contributed by atoms with Gasteiger partial charge >= 0.3 is 0 Å². The zero-order chi connectivity index (χ0) is 21.0. The first-order chi connectivity index (χ1) is 14.5. The lowest BCUT2D eigenvalue weighted by atomic mass is 9.69. The number of imide groups is 1. The third-order valence-electron chi connectivity index (χ3n) is 6.39. The molecule has 1 aromatic heterocycles. The van der Waals surface area contributed by atoms with Crippen LogP contribution in [-0.4, -0.2) is 33.2 Å². The molecule has 2 heterocycles. The summed E-state index contributed by atoms with van der Waals surface area (Å²) in [6.45, 7) is 0.626. The van der Waals surface area contributed by atoms with Gasteiger partial charge in [-0.2, -0.15) is 0 Å². The van der Waals surface area contributed by atoms with Gasteiger partial charge in [-0.1, -0.05) is 29.8 Å². The second-order valence-electron chi connectivity index (χ2n) is 7.98. The van der Waals surface area contributed by atoms with Gasteiger partial charge in [-0.15, -0.1) is 0 Å². The maximum atomic E-state index is 12.9. The van der Waals surface area contributed by atoms with Crippen molar-refractivity contribution < 1.29 is 19.8 Å². The summed E-state index contributed by atoms with van der Waals surface area (Å²) in [6.07, 6.45) is 1.11. The van der Waals surface area contributed by atoms with Crippen molar-refractivity contribution in [1.82, 2.24) is 9.88 Å². The van der Waals surface area contributed by atoms with Crippen molar-refractivity contribution in [3.8, 4) is 5.75 Å². The number of aliphatic hydroxyl groups excluding tert-OH is 1. The Morgan fingerprint density at radius 3 is 2.70 bits per heavy atom. The van der Waals surface area contributed by atoms with E-state index in [2.05, 4.69) is 9.88 Å². The predicted octanol–water partition coefficient (Wildman–Crippen LogP) is 3.08. The number of aliphatic hydroxyl groups is 1. The number of hydrogen-bond donors (Lipinski definition) is 3. The van der Waals surface area contributed by atoms with Crippen molar-refractivity contribution in [2.75, 3.05) is 6.61 Å². The standard InChI is InChI=1S/C23H21ClN2O4/c24-16-5-2-1-4-13(16)14-11-18-19(21-20(14)22(29)25-23(21)30)15-10-12(28)6-7-17(15)26(18)8-3-9-27/h1-2,4-7,10,14,20-21,27-28H,3,8-9,11H2,(H,25,29,30). The highest BCUT2D eigenvalue weighted by atomic mass is 35.5. The molecule has 3 atom stereocenters. The Morgan fingerprint density at radius 2 is 1.93 bits per heavy atom. The van der Waals surface area contributed by atoms with Crippen LogP contribution in [0.1, 0.15) is 35.1 Å². The van der Waals surface area contributed by atoms with Crippen molar-refractivity contribution in [2.24, 2.45) is 5.92 Å². The number of carbonyl (C=O) groups excluding carboxylic acids is 2. The molecule has 154 valence electrons. The van der Waals surface area contributed by atoms with Crippen molar-refractivity contribution in [1.29, 1.82) is 0 Å². The van der Waals surface area contributed by atoms with Gasteiger partial charge in [0, 0.05) is 40.7 Å². The van der Waals surface area contributed by atoms with E-state index in [9.17, 15) is 19.8 Å². The summed E-state index contributed by atoms with van der Waals surface area (Å²) in [5.41, 5.74) is 3.50. The van der Waals surface area contributed by atoms with Gasteiger partial charge in [0.2, 0.25) is 11.8 Å². The van der Waals surface area contributed by atoms with Gasteiger partial charge in [0.25, 0.3) is 0 Å². The number of hydrogen-bond acceptors (Lipinski definition) is 4. The van der Waals surface area contributed by atoms with Crippen LogP contribution in [-0.2, 0) is 22.6 Å². The summed E-state index contributed by atoms with van der Waals surface area (Å²) in [6, 6.07) is 12.6. The molecular formula is C23H21ClN2O4. The molecule has 0 saturated carbocycles. The Hall–Kier alpha value is -2.83. The second kappa shape index (κ2) is 7.15. The lowest BCUT2D eigenvalue weighted by Crippen LogP contribution is -2.31. The number of amides is 2. The number of phenols is 1. The van der Waals surface area contributed by atoms with Gasteiger partial charge < -0.3 is 14.8 Å². The number of nitrogens with one attached hydrogen (secondary N) is 1. The lowest BCUT2D eigenvalue weighted by molar-refractivity contribution is -0.126. The Bertz CT molecular complexity index is 1190. The van der Waals surface area contributed by atoms with Gasteiger partial charge in [-0.25, -0.2) is 0 Å². The normalized spacial score (nSPS) is 22.8. The molecule has 3 unspecified atom stereocenters. The van der Waals surface area contributed by atoms with E-state index in [4.69, 9.17) is 11.6 Å². The van der Waals surface area contributed by atoms with Crippen LogP contribution in [0.5, 0.6) is 5.75 Å². The van der Waals surface area contributed by atoms with E-state index in [0.717, 1.165) is 27.7 Å². The molecule has 1 aliphatic heterocycles. The Labute approximate surface area is 178 Å². The van der Waals surface area contributed by atoms with Crippen LogP contribution in [0.15, 0.2) is 42.5 Å². The third kappa shape index (κ3) is 2.75. The van der Waals surface area contributed by atoms with Crippen LogP contribution < -0.4 is 5.32 Å². The number of phenolic OH excluding ortho intramolecular Hbond substituents is 1.